The Bertz CT molecular complexity index is 732. The van der Waals surface area contributed by atoms with Crippen molar-refractivity contribution >= 4 is 17.4 Å². The molecule has 1 aliphatic rings. The van der Waals surface area contributed by atoms with Crippen molar-refractivity contribution in [3.63, 3.8) is 0 Å². The van der Waals surface area contributed by atoms with Crippen LogP contribution in [0.1, 0.15) is 15.9 Å². The van der Waals surface area contributed by atoms with Crippen LogP contribution in [0.25, 0.3) is 0 Å². The number of rotatable bonds is 3. The van der Waals surface area contributed by atoms with Crippen LogP contribution < -0.4 is 4.90 Å². The minimum absolute atomic E-state index is 0.00797. The normalized spacial score (nSPS) is 13.7. The summed E-state index contributed by atoms with van der Waals surface area (Å²) >= 11 is 0. The van der Waals surface area contributed by atoms with Gasteiger partial charge in [0, 0.05) is 25.0 Å². The molecule has 0 bridgehead atoms. The highest BCUT2D eigenvalue weighted by Gasteiger charge is 2.38. The molecule has 0 saturated carbocycles. The first-order valence-electron chi connectivity index (χ1n) is 6.32. The lowest BCUT2D eigenvalue weighted by Gasteiger charge is -2.16. The predicted octanol–water partition coefficient (Wildman–Crippen LogP) is 2.13. The van der Waals surface area contributed by atoms with Crippen LogP contribution in [0.2, 0.25) is 0 Å². The molecule has 21 heavy (non-hydrogen) atoms. The molecule has 0 aliphatic carbocycles. The van der Waals surface area contributed by atoms with Gasteiger partial charge >= 0.3 is 0 Å². The highest BCUT2D eigenvalue weighted by atomic mass is 19.1. The minimum Gasteiger partial charge on any atom is -0.304 e. The summed E-state index contributed by atoms with van der Waals surface area (Å²) in [6, 6.07) is 5.18. The van der Waals surface area contributed by atoms with Crippen molar-refractivity contribution in [2.75, 3.05) is 11.4 Å². The van der Waals surface area contributed by atoms with E-state index in [1.54, 1.807) is 18.5 Å². The van der Waals surface area contributed by atoms with Gasteiger partial charge in [0.25, 0.3) is 11.7 Å². The van der Waals surface area contributed by atoms with Crippen LogP contribution in [0, 0.1) is 11.6 Å². The average Bonchev–Trinajstić information content (AvgIpc) is 2.70. The van der Waals surface area contributed by atoms with Crippen molar-refractivity contribution in [2.45, 2.75) is 6.42 Å². The standard InChI is InChI=1S/C15H10F2N2O2/c16-10-6-11(17)13-12(7-10)19(15(21)14(13)20)5-3-9-2-1-4-18-8-9/h1-2,4,6-8H,3,5H2. The Kier molecular flexibility index (Phi) is 3.21. The largest absolute Gasteiger partial charge is 0.304 e. The molecule has 0 radical (unpaired) electrons. The summed E-state index contributed by atoms with van der Waals surface area (Å²) in [5.41, 5.74) is 0.502. The highest BCUT2D eigenvalue weighted by molar-refractivity contribution is 6.52. The maximum atomic E-state index is 13.7. The van der Waals surface area contributed by atoms with Gasteiger partial charge in [0.05, 0.1) is 11.3 Å². The van der Waals surface area contributed by atoms with E-state index in [-0.39, 0.29) is 17.8 Å². The molecule has 4 nitrogen and oxygen atoms in total. The second-order valence-corrected chi connectivity index (χ2v) is 4.68. The van der Waals surface area contributed by atoms with Crippen molar-refractivity contribution in [3.05, 3.63) is 59.4 Å². The highest BCUT2D eigenvalue weighted by Crippen LogP contribution is 2.32. The van der Waals surface area contributed by atoms with Crippen molar-refractivity contribution in [1.82, 2.24) is 4.98 Å². The van der Waals surface area contributed by atoms with E-state index in [2.05, 4.69) is 4.98 Å². The number of nitrogens with zero attached hydrogens (tertiary/aromatic N) is 2. The van der Waals surface area contributed by atoms with Gasteiger partial charge in [-0.1, -0.05) is 6.07 Å². The molecule has 0 unspecified atom stereocenters. The molecule has 2 heterocycles. The van der Waals surface area contributed by atoms with Crippen LogP contribution in [-0.4, -0.2) is 23.2 Å². The molecule has 0 N–H and O–H groups in total. The van der Waals surface area contributed by atoms with Gasteiger partial charge in [-0.05, 0) is 24.1 Å². The Hall–Kier alpha value is -2.63. The first kappa shape index (κ1) is 13.4. The fourth-order valence-corrected chi connectivity index (χ4v) is 2.35. The molecular formula is C15H10F2N2O2. The van der Waals surface area contributed by atoms with Crippen LogP contribution in [0.4, 0.5) is 14.5 Å². The molecule has 2 aromatic rings. The number of carbonyl (C=O) groups excluding carboxylic acids is 2. The third kappa shape index (κ3) is 2.29. The Morgan fingerprint density at radius 1 is 1.19 bits per heavy atom. The van der Waals surface area contributed by atoms with E-state index in [4.69, 9.17) is 0 Å². The summed E-state index contributed by atoms with van der Waals surface area (Å²) in [5, 5.41) is 0. The van der Waals surface area contributed by atoms with E-state index in [0.717, 1.165) is 16.5 Å². The number of amides is 1. The smallest absolute Gasteiger partial charge is 0.299 e. The molecule has 1 aromatic heterocycles. The molecule has 0 atom stereocenters. The monoisotopic (exact) mass is 288 g/mol. The van der Waals surface area contributed by atoms with Crippen LogP contribution in [-0.2, 0) is 11.2 Å². The van der Waals surface area contributed by atoms with Gasteiger partial charge in [-0.3, -0.25) is 14.6 Å². The zero-order chi connectivity index (χ0) is 15.0. The maximum Gasteiger partial charge on any atom is 0.299 e. The van der Waals surface area contributed by atoms with Crippen LogP contribution in [0.15, 0.2) is 36.7 Å². The quantitative estimate of drug-likeness (QED) is 0.813. The third-order valence-corrected chi connectivity index (χ3v) is 3.34. The number of aromatic nitrogens is 1. The van der Waals surface area contributed by atoms with Gasteiger partial charge < -0.3 is 4.90 Å². The number of ketones is 1. The van der Waals surface area contributed by atoms with Gasteiger partial charge in [0.1, 0.15) is 11.6 Å². The molecule has 0 fully saturated rings. The number of benzene rings is 1. The topological polar surface area (TPSA) is 50.3 Å². The fourth-order valence-electron chi connectivity index (χ4n) is 2.35. The fraction of sp³-hybridized carbons (Fsp3) is 0.133. The molecule has 0 saturated heterocycles. The first-order valence-corrected chi connectivity index (χ1v) is 6.32. The number of carbonyl (C=O) groups is 2. The minimum atomic E-state index is -1.01. The summed E-state index contributed by atoms with van der Waals surface area (Å²) in [6.45, 7) is 0.159. The Labute approximate surface area is 119 Å². The lowest BCUT2D eigenvalue weighted by molar-refractivity contribution is -0.114. The summed E-state index contributed by atoms with van der Waals surface area (Å²) in [4.78, 5) is 28.8. The van der Waals surface area contributed by atoms with Gasteiger partial charge in [-0.2, -0.15) is 0 Å². The number of hydrogen-bond acceptors (Lipinski definition) is 3. The Morgan fingerprint density at radius 2 is 2.00 bits per heavy atom. The second-order valence-electron chi connectivity index (χ2n) is 4.68. The molecule has 1 aromatic carbocycles. The van der Waals surface area contributed by atoms with E-state index in [1.165, 1.54) is 0 Å². The molecule has 106 valence electrons. The van der Waals surface area contributed by atoms with Gasteiger partial charge in [-0.15, -0.1) is 0 Å². The van der Waals surface area contributed by atoms with E-state index < -0.39 is 23.3 Å². The summed E-state index contributed by atoms with van der Waals surface area (Å²) < 4.78 is 27.0. The predicted molar refractivity (Wildman–Crippen MR) is 71.0 cm³/mol. The van der Waals surface area contributed by atoms with E-state index in [1.807, 2.05) is 6.07 Å². The lowest BCUT2D eigenvalue weighted by atomic mass is 10.1. The van der Waals surface area contributed by atoms with E-state index >= 15 is 0 Å². The second kappa shape index (κ2) is 5.05. The first-order chi connectivity index (χ1) is 10.1. The summed E-state index contributed by atoms with van der Waals surface area (Å²) in [6.07, 6.45) is 3.69. The number of fused-ring (bicyclic) bond motifs is 1. The van der Waals surface area contributed by atoms with E-state index in [9.17, 15) is 18.4 Å². The average molecular weight is 288 g/mol. The van der Waals surface area contributed by atoms with Crippen molar-refractivity contribution in [2.24, 2.45) is 0 Å². The Balaban J connectivity index is 1.91. The van der Waals surface area contributed by atoms with Crippen LogP contribution in [0.5, 0.6) is 0 Å². The summed E-state index contributed by atoms with van der Waals surface area (Å²) in [5.74, 6) is -3.60. The molecule has 3 rings (SSSR count). The van der Waals surface area contributed by atoms with E-state index in [0.29, 0.717) is 12.5 Å². The van der Waals surface area contributed by atoms with Gasteiger partial charge in [-0.25, -0.2) is 8.78 Å². The number of pyridine rings is 1. The van der Waals surface area contributed by atoms with Crippen molar-refractivity contribution < 1.29 is 18.4 Å². The lowest BCUT2D eigenvalue weighted by Crippen LogP contribution is -2.31. The number of Topliss-reactive ketones (excluding diaryl/α,β-unsaturated/α-hetero) is 1. The SMILES string of the molecule is O=C1C(=O)N(CCc2cccnc2)c2cc(F)cc(F)c21. The summed E-state index contributed by atoms with van der Waals surface area (Å²) in [7, 11) is 0. The van der Waals surface area contributed by atoms with Gasteiger partial charge in [0.15, 0.2) is 0 Å². The number of hydrogen-bond donors (Lipinski definition) is 0. The van der Waals surface area contributed by atoms with Gasteiger partial charge in [0.2, 0.25) is 0 Å². The van der Waals surface area contributed by atoms with Crippen LogP contribution in [0.3, 0.4) is 0 Å². The van der Waals surface area contributed by atoms with Crippen molar-refractivity contribution in [3.8, 4) is 0 Å². The molecule has 0 spiro atoms. The van der Waals surface area contributed by atoms with Crippen molar-refractivity contribution in [1.29, 1.82) is 0 Å². The molecule has 1 amide bonds. The molecule has 6 heteroatoms. The van der Waals surface area contributed by atoms with Crippen LogP contribution >= 0.6 is 0 Å². The molecular weight excluding hydrogens is 278 g/mol. The zero-order valence-electron chi connectivity index (χ0n) is 10.8. The maximum absolute atomic E-state index is 13.7. The molecule has 1 aliphatic heterocycles. The third-order valence-electron chi connectivity index (χ3n) is 3.34. The number of anilines is 1. The zero-order valence-corrected chi connectivity index (χ0v) is 10.8. The Morgan fingerprint density at radius 3 is 2.71 bits per heavy atom. The number of halogens is 2.